The highest BCUT2D eigenvalue weighted by atomic mass is 16.6. The predicted octanol–water partition coefficient (Wildman–Crippen LogP) is 25.7. The summed E-state index contributed by atoms with van der Waals surface area (Å²) in [5.74, 6) is -0.583. The van der Waals surface area contributed by atoms with Gasteiger partial charge >= 0.3 is 11.9 Å². The van der Waals surface area contributed by atoms with Crippen LogP contribution in [0.15, 0.2) is 146 Å². The lowest BCUT2D eigenvalue weighted by molar-refractivity contribution is -0.161. The van der Waals surface area contributed by atoms with E-state index in [-0.39, 0.29) is 25.2 Å². The molecule has 0 aromatic carbocycles. The molecule has 0 aromatic heterocycles. The van der Waals surface area contributed by atoms with Gasteiger partial charge in [-0.2, -0.15) is 0 Å². The van der Waals surface area contributed by atoms with Crippen molar-refractivity contribution in [3.05, 3.63) is 146 Å². The van der Waals surface area contributed by atoms with Gasteiger partial charge in [-0.05, 0) is 116 Å². The highest BCUT2D eigenvalue weighted by Crippen LogP contribution is 2.18. The van der Waals surface area contributed by atoms with Crippen LogP contribution in [0.5, 0.6) is 0 Å². The van der Waals surface area contributed by atoms with Gasteiger partial charge in [0.25, 0.3) is 0 Å². The van der Waals surface area contributed by atoms with E-state index in [1.54, 1.807) is 0 Å². The monoisotopic (exact) mass is 1190 g/mol. The number of carbonyl (C=O) groups is 2. The third kappa shape index (κ3) is 72.3. The molecular formula is C81H136O5. The van der Waals surface area contributed by atoms with Crippen LogP contribution in [-0.2, 0) is 19.1 Å². The van der Waals surface area contributed by atoms with Crippen molar-refractivity contribution in [2.24, 2.45) is 0 Å². The van der Waals surface area contributed by atoms with Crippen LogP contribution < -0.4 is 0 Å². The van der Waals surface area contributed by atoms with Crippen LogP contribution in [0.4, 0.5) is 0 Å². The zero-order valence-corrected chi connectivity index (χ0v) is 56.3. The molecule has 0 saturated carbocycles. The maximum absolute atomic E-state index is 12.4. The molecule has 1 N–H and O–H groups in total. The first-order chi connectivity index (χ1) is 42.6. The minimum Gasteiger partial charge on any atom is -0.462 e. The smallest absolute Gasteiger partial charge is 0.306 e. The molecule has 0 aliphatic carbocycles. The molecule has 0 fully saturated rings. The molecule has 0 amide bonds. The molecule has 1 unspecified atom stereocenters. The molecule has 0 bridgehead atoms. The third-order valence-corrected chi connectivity index (χ3v) is 15.6. The molecule has 0 saturated heterocycles. The number of rotatable bonds is 66. The first kappa shape index (κ1) is 81.8. The number of hydrogen-bond donors (Lipinski definition) is 1. The lowest BCUT2D eigenvalue weighted by Gasteiger charge is -2.15. The second-order valence-corrected chi connectivity index (χ2v) is 23.9. The van der Waals surface area contributed by atoms with Gasteiger partial charge in [0.05, 0.1) is 6.61 Å². The minimum atomic E-state index is -0.780. The van der Waals surface area contributed by atoms with E-state index in [2.05, 4.69) is 160 Å². The molecule has 0 spiro atoms. The van der Waals surface area contributed by atoms with E-state index in [4.69, 9.17) is 9.47 Å². The van der Waals surface area contributed by atoms with Gasteiger partial charge in [0.15, 0.2) is 6.10 Å². The van der Waals surface area contributed by atoms with Crippen LogP contribution in [-0.4, -0.2) is 36.4 Å². The third-order valence-electron chi connectivity index (χ3n) is 15.6. The first-order valence-electron chi connectivity index (χ1n) is 36.4. The summed E-state index contributed by atoms with van der Waals surface area (Å²) >= 11 is 0. The largest absolute Gasteiger partial charge is 0.462 e. The second-order valence-electron chi connectivity index (χ2n) is 23.9. The van der Waals surface area contributed by atoms with Gasteiger partial charge in [-0.3, -0.25) is 9.59 Å². The van der Waals surface area contributed by atoms with E-state index in [0.717, 1.165) is 116 Å². The Morgan fingerprint density at radius 1 is 0.267 bits per heavy atom. The fraction of sp³-hybridized carbons (Fsp3) is 0.679. The maximum Gasteiger partial charge on any atom is 0.306 e. The van der Waals surface area contributed by atoms with Gasteiger partial charge in [0, 0.05) is 12.8 Å². The fourth-order valence-corrected chi connectivity index (χ4v) is 10.3. The van der Waals surface area contributed by atoms with Crippen molar-refractivity contribution < 1.29 is 24.2 Å². The number of allylic oxidation sites excluding steroid dienone is 24. The molecule has 0 heterocycles. The summed E-state index contributed by atoms with van der Waals surface area (Å²) in [6.07, 6.45) is 113. The summed E-state index contributed by atoms with van der Waals surface area (Å²) in [5.41, 5.74) is 0. The summed E-state index contributed by atoms with van der Waals surface area (Å²) in [7, 11) is 0. The van der Waals surface area contributed by atoms with Gasteiger partial charge in [0.2, 0.25) is 0 Å². The Hall–Kier alpha value is -4.22. The first-order valence-corrected chi connectivity index (χ1v) is 36.4. The van der Waals surface area contributed by atoms with Crippen LogP contribution in [0.25, 0.3) is 0 Å². The Morgan fingerprint density at radius 2 is 0.465 bits per heavy atom. The lowest BCUT2D eigenvalue weighted by atomic mass is 10.0. The van der Waals surface area contributed by atoms with Crippen molar-refractivity contribution in [1.82, 2.24) is 0 Å². The molecule has 0 aliphatic heterocycles. The van der Waals surface area contributed by atoms with E-state index in [9.17, 15) is 14.7 Å². The number of aliphatic hydroxyl groups is 1. The molecule has 490 valence electrons. The fourth-order valence-electron chi connectivity index (χ4n) is 10.3. The standard InChI is InChI=1S/C81H136O5/c1-3-5-7-9-11-13-15-17-19-21-23-25-27-29-31-33-35-37-38-39-40-41-42-44-46-48-50-52-54-56-58-60-62-64-66-68-70-72-74-76-81(84)86-79(77-82)78-85-80(83)75-73-71-69-67-65-63-61-59-57-55-53-51-49-47-45-43-36-34-32-30-28-26-24-22-20-18-16-14-12-10-8-6-4-2/h5-8,11-14,17-20,23-26,29,31,35,37,39-40,42,44,79,82H,3-4,9-10,15-16,21-22,27-28,30,32-34,36,38,41,43,45-78H2,1-2H3/b7-5-,8-6-,13-11-,14-12-,19-17-,20-18-,25-23-,26-24-,31-29-,37-35-,40-39-,44-42-. The second kappa shape index (κ2) is 75.0. The predicted molar refractivity (Wildman–Crippen MR) is 380 cm³/mol. The number of hydrogen-bond acceptors (Lipinski definition) is 5. The van der Waals surface area contributed by atoms with Gasteiger partial charge in [-0.25, -0.2) is 0 Å². The van der Waals surface area contributed by atoms with Crippen LogP contribution in [0.3, 0.4) is 0 Å². The minimum absolute atomic E-state index is 0.0685. The Morgan fingerprint density at radius 3 is 0.698 bits per heavy atom. The van der Waals surface area contributed by atoms with E-state index >= 15 is 0 Å². The SMILES string of the molecule is CC/C=C\C/C=C\C/C=C\C/C=C\C/C=C\C/C=C\C/C=C\C/C=C\CCCCCCCCCCCCCCCCC(=O)OC(CO)COC(=O)CCCCCCCCCCCCCCCCCCCCCC/C=C\C/C=C\C/C=C\C/C=C\CC. The van der Waals surface area contributed by atoms with Gasteiger partial charge in [0.1, 0.15) is 6.61 Å². The molecule has 5 nitrogen and oxygen atoms in total. The molecule has 86 heavy (non-hydrogen) atoms. The highest BCUT2D eigenvalue weighted by Gasteiger charge is 2.16. The van der Waals surface area contributed by atoms with Crippen LogP contribution >= 0.6 is 0 Å². The Bertz CT molecular complexity index is 1780. The maximum atomic E-state index is 12.4. The summed E-state index contributed by atoms with van der Waals surface area (Å²) in [6, 6.07) is 0. The molecule has 0 rings (SSSR count). The van der Waals surface area contributed by atoms with E-state index in [1.807, 2.05) is 0 Å². The number of esters is 2. The normalized spacial score (nSPS) is 13.1. The average Bonchev–Trinajstić information content (AvgIpc) is 3.55. The van der Waals surface area contributed by atoms with Crippen molar-refractivity contribution in [3.8, 4) is 0 Å². The summed E-state index contributed by atoms with van der Waals surface area (Å²) < 4.78 is 10.8. The zero-order chi connectivity index (χ0) is 61.9. The summed E-state index contributed by atoms with van der Waals surface area (Å²) in [6.45, 7) is 3.94. The molecular weight excluding hydrogens is 1050 g/mol. The van der Waals surface area contributed by atoms with Crippen LogP contribution in [0, 0.1) is 0 Å². The van der Waals surface area contributed by atoms with Gasteiger partial charge in [-0.15, -0.1) is 0 Å². The van der Waals surface area contributed by atoms with Gasteiger partial charge in [-0.1, -0.05) is 352 Å². The van der Waals surface area contributed by atoms with Crippen LogP contribution in [0.2, 0.25) is 0 Å². The summed E-state index contributed by atoms with van der Waals surface area (Å²) in [5, 5.41) is 9.72. The Balaban J connectivity index is 3.48. The number of unbranched alkanes of at least 4 members (excludes halogenated alkanes) is 34. The van der Waals surface area contributed by atoms with Crippen molar-refractivity contribution in [2.75, 3.05) is 13.2 Å². The number of carbonyl (C=O) groups excluding carboxylic acids is 2. The lowest BCUT2D eigenvalue weighted by Crippen LogP contribution is -2.28. The number of ether oxygens (including phenoxy) is 2. The molecule has 1 atom stereocenters. The molecule has 0 aliphatic rings. The van der Waals surface area contributed by atoms with E-state index in [1.165, 1.54) is 193 Å². The van der Waals surface area contributed by atoms with E-state index in [0.29, 0.717) is 12.8 Å². The topological polar surface area (TPSA) is 72.8 Å². The molecule has 0 aromatic rings. The van der Waals surface area contributed by atoms with Crippen molar-refractivity contribution >= 4 is 11.9 Å². The quantitative estimate of drug-likeness (QED) is 0.0373. The van der Waals surface area contributed by atoms with Crippen molar-refractivity contribution in [3.63, 3.8) is 0 Å². The van der Waals surface area contributed by atoms with Crippen molar-refractivity contribution in [1.29, 1.82) is 0 Å². The zero-order valence-electron chi connectivity index (χ0n) is 56.3. The summed E-state index contributed by atoms with van der Waals surface area (Å²) in [4.78, 5) is 24.7. The number of aliphatic hydroxyl groups excluding tert-OH is 1. The molecule has 5 heteroatoms. The van der Waals surface area contributed by atoms with Gasteiger partial charge < -0.3 is 14.6 Å². The van der Waals surface area contributed by atoms with E-state index < -0.39 is 6.10 Å². The Labute approximate surface area is 533 Å². The average molecular weight is 1190 g/mol. The Kier molecular flexibility index (Phi) is 71.3. The molecule has 0 radical (unpaired) electrons. The van der Waals surface area contributed by atoms with Crippen molar-refractivity contribution in [2.45, 2.75) is 341 Å². The van der Waals surface area contributed by atoms with Crippen LogP contribution in [0.1, 0.15) is 335 Å². The highest BCUT2D eigenvalue weighted by molar-refractivity contribution is 5.70.